The Morgan fingerprint density at radius 2 is 0.600 bits per heavy atom. The summed E-state index contributed by atoms with van der Waals surface area (Å²) in [6, 6.07) is 0. The van der Waals surface area contributed by atoms with Crippen LogP contribution in [0.25, 0.3) is 0 Å². The van der Waals surface area contributed by atoms with Crippen LogP contribution in [0.1, 0.15) is 7.43 Å². The molecule has 0 spiro atoms. The highest BCUT2D eigenvalue weighted by Crippen LogP contribution is 1.69. The molecule has 0 atom stereocenters. The zero-order valence-electron chi connectivity index (χ0n) is 1.51. The van der Waals surface area contributed by atoms with Crippen molar-refractivity contribution in [1.82, 2.24) is 0 Å². The van der Waals surface area contributed by atoms with E-state index < -0.39 is 0 Å². The van der Waals surface area contributed by atoms with Crippen molar-refractivity contribution < 1.29 is 0 Å². The highest BCUT2D eigenvalue weighted by Gasteiger charge is 1.00. The van der Waals surface area contributed by atoms with Gasteiger partial charge in [-0.25, -0.2) is 0 Å². The molecule has 0 radical (unpaired) electrons. The van der Waals surface area contributed by atoms with Crippen LogP contribution in [0, 0.1) is 0 Å². The van der Waals surface area contributed by atoms with E-state index in [2.05, 4.69) is 43.4 Å². The Balaban J connectivity index is -0.0000000133. The summed E-state index contributed by atoms with van der Waals surface area (Å²) in [6.45, 7) is 0. The molecule has 0 amide bonds. The third kappa shape index (κ3) is 38.3. The van der Waals surface area contributed by atoms with E-state index in [-0.39, 0.29) is 7.43 Å². The Labute approximate surface area is 51.1 Å². The molecular formula is CH4Cl4. The molecular weight excluding hydrogens is 154 g/mol. The van der Waals surface area contributed by atoms with Crippen LogP contribution in [0.4, 0.5) is 0 Å². The lowest BCUT2D eigenvalue weighted by Crippen LogP contribution is -0.310. The van der Waals surface area contributed by atoms with Crippen molar-refractivity contribution in [2.24, 2.45) is 0 Å². The predicted molar refractivity (Wildman–Crippen MR) is 30.1 cm³/mol. The van der Waals surface area contributed by atoms with Gasteiger partial charge in [0.25, 0.3) is 0 Å². The van der Waals surface area contributed by atoms with E-state index in [1.54, 1.807) is 0 Å². The smallest absolute Gasteiger partial charge is 0 e. The van der Waals surface area contributed by atoms with Crippen LogP contribution in [0.2, 0.25) is 0 Å². The van der Waals surface area contributed by atoms with E-state index in [0.717, 1.165) is 0 Å². The lowest BCUT2D eigenvalue weighted by atomic mass is 12.0. The van der Waals surface area contributed by atoms with Crippen LogP contribution in [0.15, 0.2) is 0 Å². The van der Waals surface area contributed by atoms with Crippen LogP contribution in [-0.4, -0.2) is 0 Å². The Hall–Kier alpha value is 1.16. The third-order valence-electron chi connectivity index (χ3n) is 0. The molecule has 0 rings (SSSR count). The maximum atomic E-state index is 4.11. The molecule has 0 unspecified atom stereocenters. The highest BCUT2D eigenvalue weighted by atomic mass is 36.5. The van der Waals surface area contributed by atoms with Gasteiger partial charge in [-0.15, -0.1) is 0 Å². The number of rotatable bonds is 0. The molecule has 0 N–H and O–H groups in total. The second-order valence-electron chi connectivity index (χ2n) is 0. The molecule has 36 valence electrons. The lowest BCUT2D eigenvalue weighted by Gasteiger charge is -1.00. The van der Waals surface area contributed by atoms with Crippen molar-refractivity contribution >= 4 is 43.4 Å². The van der Waals surface area contributed by atoms with Gasteiger partial charge in [0, 0.05) is 43.4 Å². The quantitative estimate of drug-likeness (QED) is 0.506. The summed E-state index contributed by atoms with van der Waals surface area (Å²) in [5.41, 5.74) is 0. The zero-order chi connectivity index (χ0) is 4.00. The third-order valence-corrected chi connectivity index (χ3v) is 0. The van der Waals surface area contributed by atoms with Crippen molar-refractivity contribution in [3.05, 3.63) is 0 Å². The minimum atomic E-state index is 0. The van der Waals surface area contributed by atoms with E-state index >= 15 is 0 Å². The zero-order valence-corrected chi connectivity index (χ0v) is 4.54. The van der Waals surface area contributed by atoms with Crippen molar-refractivity contribution in [1.29, 1.82) is 0 Å². The molecule has 0 aliphatic carbocycles. The van der Waals surface area contributed by atoms with E-state index in [1.807, 2.05) is 0 Å². The normalized spacial score (nSPS) is 2.40. The Morgan fingerprint density at radius 3 is 0.600 bits per heavy atom. The van der Waals surface area contributed by atoms with E-state index in [4.69, 9.17) is 0 Å². The maximum Gasteiger partial charge on any atom is 0 e. The van der Waals surface area contributed by atoms with Crippen molar-refractivity contribution in [3.63, 3.8) is 0 Å². The van der Waals surface area contributed by atoms with Crippen molar-refractivity contribution in [3.8, 4) is 0 Å². The van der Waals surface area contributed by atoms with Crippen LogP contribution >= 0.6 is 43.4 Å². The molecule has 0 fully saturated rings. The second-order valence-corrected chi connectivity index (χ2v) is 0. The first-order valence-electron chi connectivity index (χ1n) is 0.286. The van der Waals surface area contributed by atoms with E-state index in [1.165, 1.54) is 0 Å². The summed E-state index contributed by atoms with van der Waals surface area (Å²) in [5, 5.41) is 0. The number of hydrogen-bond donors (Lipinski definition) is 0. The van der Waals surface area contributed by atoms with Crippen molar-refractivity contribution in [2.75, 3.05) is 0 Å². The molecule has 4 heteroatoms. The minimum Gasteiger partial charge on any atom is -0.0776 e. The SMILES string of the molecule is C.ClCl.ClCl. The van der Waals surface area contributed by atoms with Crippen LogP contribution < -0.4 is 0 Å². The summed E-state index contributed by atoms with van der Waals surface area (Å²) in [4.78, 5) is 0. The van der Waals surface area contributed by atoms with Gasteiger partial charge < -0.3 is 0 Å². The van der Waals surface area contributed by atoms with Gasteiger partial charge in [0.2, 0.25) is 0 Å². The first kappa shape index (κ1) is 16.4. The fraction of sp³-hybridized carbons (Fsp3) is 1.00. The molecule has 0 saturated heterocycles. The fourth-order valence-corrected chi connectivity index (χ4v) is 0. The van der Waals surface area contributed by atoms with Gasteiger partial charge in [-0.1, -0.05) is 7.43 Å². The Bertz CT molecular complexity index is 3.61. The fourth-order valence-electron chi connectivity index (χ4n) is 0. The van der Waals surface area contributed by atoms with Gasteiger partial charge in [0.05, 0.1) is 0 Å². The molecule has 0 aliphatic heterocycles. The second kappa shape index (κ2) is 66.4. The molecule has 0 nitrogen and oxygen atoms in total. The molecule has 5 heavy (non-hydrogen) atoms. The first-order chi connectivity index (χ1) is 2.00. The van der Waals surface area contributed by atoms with E-state index in [0.29, 0.717) is 0 Å². The Morgan fingerprint density at radius 1 is 0.600 bits per heavy atom. The average molecular weight is 158 g/mol. The standard InChI is InChI=1S/CH4.2Cl2/c;2*1-2/h1H4;;. The van der Waals surface area contributed by atoms with Gasteiger partial charge in [-0.3, -0.25) is 0 Å². The number of hydrogen-bond acceptors (Lipinski definition) is 0. The first-order valence-corrected chi connectivity index (χ1v) is 2.57. The monoisotopic (exact) mass is 156 g/mol. The summed E-state index contributed by atoms with van der Waals surface area (Å²) < 4.78 is 0. The van der Waals surface area contributed by atoms with Gasteiger partial charge >= 0.3 is 0 Å². The Kier molecular flexibility index (Phi) is 218. The van der Waals surface area contributed by atoms with Gasteiger partial charge in [-0.2, -0.15) is 0 Å². The molecule has 0 aromatic carbocycles. The predicted octanol–water partition coefficient (Wildman–Crippen LogP) is 3.39. The summed E-state index contributed by atoms with van der Waals surface area (Å²) in [7, 11) is 16.4. The van der Waals surface area contributed by atoms with Gasteiger partial charge in [0.1, 0.15) is 0 Å². The van der Waals surface area contributed by atoms with Crippen LogP contribution in [-0.2, 0) is 0 Å². The summed E-state index contributed by atoms with van der Waals surface area (Å²) >= 11 is 0. The van der Waals surface area contributed by atoms with E-state index in [9.17, 15) is 0 Å². The molecule has 0 bridgehead atoms. The molecule has 0 heterocycles. The number of halogens is 4. The highest BCUT2D eigenvalue weighted by molar-refractivity contribution is 6.86. The maximum absolute atomic E-state index is 4.11. The topological polar surface area (TPSA) is 0 Å². The molecule has 0 aliphatic rings. The summed E-state index contributed by atoms with van der Waals surface area (Å²) in [6.07, 6.45) is 0. The molecule has 0 aromatic heterocycles. The van der Waals surface area contributed by atoms with Gasteiger partial charge in [0.15, 0.2) is 0 Å². The molecule has 0 aromatic rings. The van der Waals surface area contributed by atoms with Gasteiger partial charge in [-0.05, 0) is 0 Å². The minimum absolute atomic E-state index is 0. The van der Waals surface area contributed by atoms with Crippen molar-refractivity contribution in [2.45, 2.75) is 7.43 Å². The largest absolute Gasteiger partial charge is 0.0776 e. The summed E-state index contributed by atoms with van der Waals surface area (Å²) in [5.74, 6) is 0. The average Bonchev–Trinajstić information content (AvgIpc) is 1.50. The van der Waals surface area contributed by atoms with Crippen LogP contribution in [0.5, 0.6) is 0 Å². The lowest BCUT2D eigenvalue weighted by molar-refractivity contribution is 2.50. The van der Waals surface area contributed by atoms with Crippen LogP contribution in [0.3, 0.4) is 0 Å². The molecule has 0 saturated carbocycles.